The smallest absolute Gasteiger partial charge is 0.251 e. The van der Waals surface area contributed by atoms with Crippen molar-refractivity contribution >= 4 is 33.1 Å². The summed E-state index contributed by atoms with van der Waals surface area (Å²) in [4.78, 5) is 34.4. The van der Waals surface area contributed by atoms with Gasteiger partial charge in [-0.05, 0) is 43.0 Å². The lowest BCUT2D eigenvalue weighted by atomic mass is 10.1. The van der Waals surface area contributed by atoms with E-state index in [1.54, 1.807) is 18.3 Å². The van der Waals surface area contributed by atoms with Gasteiger partial charge in [0.25, 0.3) is 11.8 Å². The van der Waals surface area contributed by atoms with Crippen molar-refractivity contribution < 1.29 is 18.0 Å². The van der Waals surface area contributed by atoms with E-state index in [2.05, 4.69) is 34.8 Å². The van der Waals surface area contributed by atoms with E-state index in [9.17, 15) is 18.0 Å². The summed E-state index contributed by atoms with van der Waals surface area (Å²) >= 11 is 0. The zero-order valence-corrected chi connectivity index (χ0v) is 24.2. The van der Waals surface area contributed by atoms with E-state index in [1.165, 1.54) is 0 Å². The van der Waals surface area contributed by atoms with Gasteiger partial charge in [-0.3, -0.25) is 14.0 Å². The van der Waals surface area contributed by atoms with Crippen LogP contribution in [0, 0.1) is 5.92 Å². The highest BCUT2D eigenvalue weighted by molar-refractivity contribution is 7.90. The molecular weight excluding hydrogens is 540 g/mol. The van der Waals surface area contributed by atoms with Gasteiger partial charge in [-0.2, -0.15) is 0 Å². The molecule has 0 atom stereocenters. The van der Waals surface area contributed by atoms with Gasteiger partial charge >= 0.3 is 0 Å². The summed E-state index contributed by atoms with van der Waals surface area (Å²) in [6.07, 6.45) is 6.92. The van der Waals surface area contributed by atoms with Crippen molar-refractivity contribution in [3.05, 3.63) is 72.1 Å². The number of nitrogens with zero attached hydrogens (tertiary/aromatic N) is 3. The number of hydrogen-bond acceptors (Lipinski definition) is 7. The number of fused-ring (bicyclic) bond motifs is 1. The molecule has 1 aliphatic rings. The van der Waals surface area contributed by atoms with Gasteiger partial charge in [0.15, 0.2) is 11.5 Å². The summed E-state index contributed by atoms with van der Waals surface area (Å²) in [6, 6.07) is 14.8. The average Bonchev–Trinajstić information content (AvgIpc) is 3.65. The maximum Gasteiger partial charge on any atom is 0.251 e. The molecule has 5 rings (SSSR count). The molecule has 4 aromatic rings. The highest BCUT2D eigenvalue weighted by atomic mass is 32.2. The number of anilines is 1. The van der Waals surface area contributed by atoms with Gasteiger partial charge in [0, 0.05) is 53.8 Å². The van der Waals surface area contributed by atoms with Crippen molar-refractivity contribution in [1.29, 1.82) is 0 Å². The molecule has 2 heterocycles. The highest BCUT2D eigenvalue weighted by Crippen LogP contribution is 2.28. The molecule has 0 aliphatic heterocycles. The van der Waals surface area contributed by atoms with Crippen LogP contribution in [0.3, 0.4) is 0 Å². The quantitative estimate of drug-likeness (QED) is 0.248. The Labute approximate surface area is 239 Å². The molecule has 2 amide bonds. The number of hydrogen-bond donors (Lipinski definition) is 3. The summed E-state index contributed by atoms with van der Waals surface area (Å²) in [5, 5.41) is 9.07. The van der Waals surface area contributed by atoms with Crippen LogP contribution in [0.15, 0.2) is 60.9 Å². The largest absolute Gasteiger partial charge is 0.367 e. The van der Waals surface area contributed by atoms with E-state index in [4.69, 9.17) is 4.98 Å². The first-order valence-corrected chi connectivity index (χ1v) is 15.7. The first kappa shape index (κ1) is 28.3. The average molecular weight is 575 g/mol. The zero-order chi connectivity index (χ0) is 29.1. The van der Waals surface area contributed by atoms with Crippen molar-refractivity contribution in [2.45, 2.75) is 32.7 Å². The van der Waals surface area contributed by atoms with Crippen LogP contribution in [0.2, 0.25) is 0 Å². The van der Waals surface area contributed by atoms with Crippen LogP contribution in [0.5, 0.6) is 0 Å². The number of sulfone groups is 1. The number of amides is 2. The minimum atomic E-state index is -3.16. The maximum absolute atomic E-state index is 12.5. The van der Waals surface area contributed by atoms with Crippen LogP contribution in [0.25, 0.3) is 28.2 Å². The van der Waals surface area contributed by atoms with Crippen LogP contribution in [0.4, 0.5) is 5.82 Å². The summed E-state index contributed by atoms with van der Waals surface area (Å²) in [7, 11) is -3.16. The Morgan fingerprint density at radius 1 is 0.976 bits per heavy atom. The van der Waals surface area contributed by atoms with Crippen molar-refractivity contribution in [2.24, 2.45) is 5.92 Å². The topological polar surface area (TPSA) is 135 Å². The molecule has 10 nitrogen and oxygen atoms in total. The molecule has 0 unspecified atom stereocenters. The molecule has 0 spiro atoms. The van der Waals surface area contributed by atoms with Gasteiger partial charge in [0.1, 0.15) is 9.84 Å². The molecule has 2 aromatic heterocycles. The Morgan fingerprint density at radius 3 is 2.22 bits per heavy atom. The molecule has 1 saturated carbocycles. The monoisotopic (exact) mass is 574 g/mol. The first-order chi connectivity index (χ1) is 19.6. The van der Waals surface area contributed by atoms with Crippen LogP contribution in [-0.2, 0) is 9.84 Å². The van der Waals surface area contributed by atoms with Crippen LogP contribution >= 0.6 is 0 Å². The lowest BCUT2D eigenvalue weighted by Gasteiger charge is -2.13. The lowest BCUT2D eigenvalue weighted by Crippen LogP contribution is -2.28. The molecule has 0 radical (unpaired) electrons. The fourth-order valence-electron chi connectivity index (χ4n) is 4.29. The second-order valence-electron chi connectivity index (χ2n) is 10.9. The minimum absolute atomic E-state index is 0.0537. The molecular formula is C30H34N6O4S. The van der Waals surface area contributed by atoms with E-state index in [0.717, 1.165) is 35.9 Å². The molecule has 2 aromatic carbocycles. The fraction of sp³-hybridized carbons (Fsp3) is 0.333. The van der Waals surface area contributed by atoms with Crippen LogP contribution < -0.4 is 16.0 Å². The Balaban J connectivity index is 1.44. The van der Waals surface area contributed by atoms with E-state index < -0.39 is 9.84 Å². The predicted molar refractivity (Wildman–Crippen MR) is 160 cm³/mol. The Bertz CT molecular complexity index is 1670. The van der Waals surface area contributed by atoms with E-state index in [-0.39, 0.29) is 24.1 Å². The van der Waals surface area contributed by atoms with Gasteiger partial charge in [-0.1, -0.05) is 38.1 Å². The van der Waals surface area contributed by atoms with Gasteiger partial charge in [-0.25, -0.2) is 18.4 Å². The molecule has 3 N–H and O–H groups in total. The number of carbonyl (C=O) groups is 2. The van der Waals surface area contributed by atoms with Crippen molar-refractivity contribution in [3.63, 3.8) is 0 Å². The summed E-state index contributed by atoms with van der Waals surface area (Å²) in [5.74, 6) is 0.525. The molecule has 11 heteroatoms. The Morgan fingerprint density at radius 2 is 1.61 bits per heavy atom. The van der Waals surface area contributed by atoms with E-state index in [0.29, 0.717) is 46.8 Å². The number of aromatic nitrogens is 3. The van der Waals surface area contributed by atoms with E-state index >= 15 is 0 Å². The summed E-state index contributed by atoms with van der Waals surface area (Å²) in [6.45, 7) is 5.00. The number of imidazole rings is 1. The lowest BCUT2D eigenvalue weighted by molar-refractivity contribution is 0.0945. The number of carbonyl (C=O) groups excluding carboxylic acids is 2. The van der Waals surface area contributed by atoms with Gasteiger partial charge < -0.3 is 16.0 Å². The number of nitrogens with one attached hydrogen (secondary N) is 3. The third kappa shape index (κ3) is 7.10. The number of benzene rings is 2. The van der Waals surface area contributed by atoms with Crippen molar-refractivity contribution in [2.75, 3.05) is 30.4 Å². The Kier molecular flexibility index (Phi) is 8.07. The third-order valence-electron chi connectivity index (χ3n) is 6.73. The van der Waals surface area contributed by atoms with Gasteiger partial charge in [-0.15, -0.1) is 0 Å². The molecule has 0 saturated heterocycles. The van der Waals surface area contributed by atoms with Crippen molar-refractivity contribution in [1.82, 2.24) is 25.0 Å². The molecule has 214 valence electrons. The second kappa shape index (κ2) is 11.7. The Hall–Kier alpha value is -4.25. The third-order valence-corrected chi connectivity index (χ3v) is 7.67. The van der Waals surface area contributed by atoms with E-state index in [1.807, 2.05) is 47.0 Å². The second-order valence-corrected chi connectivity index (χ2v) is 13.1. The van der Waals surface area contributed by atoms with Crippen molar-refractivity contribution in [3.8, 4) is 22.5 Å². The van der Waals surface area contributed by atoms with Gasteiger partial charge in [0.2, 0.25) is 0 Å². The minimum Gasteiger partial charge on any atom is -0.367 e. The van der Waals surface area contributed by atoms with Crippen LogP contribution in [-0.4, -0.2) is 65.7 Å². The predicted octanol–water partition coefficient (Wildman–Crippen LogP) is 3.80. The highest BCUT2D eigenvalue weighted by Gasteiger charge is 2.24. The number of rotatable bonds is 11. The first-order valence-electron chi connectivity index (χ1n) is 13.7. The molecule has 41 heavy (non-hydrogen) atoms. The standard InChI is InChI=1S/C30H34N6O4S/c1-19(2)16-32-27-28-33-17-26(21-6-10-23(11-7-21)30(38)34-24-12-13-24)36(28)18-25(35-27)20-4-8-22(9-5-20)29(37)31-14-15-41(3,39)40/h4-11,17-19,24H,12-16H2,1-3H3,(H,31,37)(H,32,35)(H,34,38). The normalized spacial score (nSPS) is 13.4. The SMILES string of the molecule is CC(C)CNc1nc(-c2ccc(C(=O)NCCS(C)(=O)=O)cc2)cn2c(-c3ccc(C(=O)NC4CC4)cc3)cnc12. The molecule has 0 bridgehead atoms. The zero-order valence-electron chi connectivity index (χ0n) is 23.3. The van der Waals surface area contributed by atoms with Gasteiger partial charge in [0.05, 0.1) is 23.3 Å². The summed E-state index contributed by atoms with van der Waals surface area (Å²) in [5.41, 5.74) is 4.99. The molecule has 1 aliphatic carbocycles. The van der Waals surface area contributed by atoms with Crippen LogP contribution in [0.1, 0.15) is 47.4 Å². The fourth-order valence-corrected chi connectivity index (χ4v) is 4.77. The molecule has 1 fully saturated rings. The summed E-state index contributed by atoms with van der Waals surface area (Å²) < 4.78 is 24.7. The maximum atomic E-state index is 12.5.